The van der Waals surface area contributed by atoms with Crippen molar-refractivity contribution >= 4 is 29.4 Å². The fourth-order valence-electron chi connectivity index (χ4n) is 4.15. The molecule has 10 heteroatoms. The molecule has 0 aliphatic carbocycles. The number of carboxylic acids is 2. The van der Waals surface area contributed by atoms with Crippen LogP contribution in [0.2, 0.25) is 0 Å². The van der Waals surface area contributed by atoms with E-state index >= 15 is 0 Å². The number of carboxylic acid groups (broad SMARTS) is 2. The standard InChI is InChI=1S/C20H16N2O8/c23-10-4-5-11(12(24)7-10)15-13-14(16(21-15)20(29)30)18(26)22(17(13)25)9-3-1-2-8(6-9)19(27)28/h1-7,13-16,21,23-24H,(H,27,28)(H,29,30)/t13-,14-,15-,16+/m0/s1. The van der Waals surface area contributed by atoms with Crippen LogP contribution in [-0.2, 0) is 14.4 Å². The highest BCUT2D eigenvalue weighted by molar-refractivity contribution is 6.24. The monoisotopic (exact) mass is 412 g/mol. The van der Waals surface area contributed by atoms with E-state index in [1.807, 2.05) is 0 Å². The number of carbonyl (C=O) groups excluding carboxylic acids is 2. The number of nitrogens with zero attached hydrogens (tertiary/aromatic N) is 1. The van der Waals surface area contributed by atoms with E-state index < -0.39 is 47.7 Å². The summed E-state index contributed by atoms with van der Waals surface area (Å²) >= 11 is 0. The van der Waals surface area contributed by atoms with Crippen molar-refractivity contribution in [3.8, 4) is 11.5 Å². The van der Waals surface area contributed by atoms with Crippen molar-refractivity contribution in [2.75, 3.05) is 4.90 Å². The lowest BCUT2D eigenvalue weighted by molar-refractivity contribution is -0.142. The second-order valence-electron chi connectivity index (χ2n) is 7.12. The van der Waals surface area contributed by atoms with E-state index in [0.29, 0.717) is 0 Å². The van der Waals surface area contributed by atoms with Crippen LogP contribution in [0, 0.1) is 11.8 Å². The van der Waals surface area contributed by atoms with Crippen molar-refractivity contribution in [1.82, 2.24) is 5.32 Å². The average molecular weight is 412 g/mol. The van der Waals surface area contributed by atoms with E-state index in [9.17, 15) is 39.6 Å². The molecular formula is C20H16N2O8. The number of anilines is 1. The minimum absolute atomic E-state index is 0.0251. The minimum Gasteiger partial charge on any atom is -0.508 e. The number of phenols is 2. The summed E-state index contributed by atoms with van der Waals surface area (Å²) in [6.07, 6.45) is 0. The molecule has 2 aliphatic heterocycles. The van der Waals surface area contributed by atoms with Crippen LogP contribution in [0.4, 0.5) is 5.69 Å². The lowest BCUT2D eigenvalue weighted by Crippen LogP contribution is -2.43. The quantitative estimate of drug-likeness (QED) is 0.455. The van der Waals surface area contributed by atoms with Gasteiger partial charge in [-0.2, -0.15) is 0 Å². The highest BCUT2D eigenvalue weighted by Gasteiger charge is 2.61. The number of nitrogens with one attached hydrogen (secondary N) is 1. The Hall–Kier alpha value is -3.92. The Bertz CT molecular complexity index is 1100. The predicted molar refractivity (Wildman–Crippen MR) is 99.9 cm³/mol. The van der Waals surface area contributed by atoms with Crippen molar-refractivity contribution in [3.05, 3.63) is 53.6 Å². The number of imide groups is 1. The third-order valence-corrected chi connectivity index (χ3v) is 5.44. The molecule has 0 spiro atoms. The Morgan fingerprint density at radius 2 is 1.63 bits per heavy atom. The molecule has 2 aliphatic rings. The molecule has 4 atom stereocenters. The summed E-state index contributed by atoms with van der Waals surface area (Å²) in [6.45, 7) is 0. The first-order valence-electron chi connectivity index (χ1n) is 8.92. The number of hydrogen-bond acceptors (Lipinski definition) is 7. The van der Waals surface area contributed by atoms with Gasteiger partial charge in [0.15, 0.2) is 0 Å². The molecule has 10 nitrogen and oxygen atoms in total. The van der Waals surface area contributed by atoms with Gasteiger partial charge in [0.25, 0.3) is 0 Å². The van der Waals surface area contributed by atoms with Crippen LogP contribution < -0.4 is 10.2 Å². The van der Waals surface area contributed by atoms with Crippen LogP contribution in [0.25, 0.3) is 0 Å². The number of aromatic carboxylic acids is 1. The Kier molecular flexibility index (Phi) is 4.43. The maximum atomic E-state index is 13.2. The minimum atomic E-state index is -1.39. The topological polar surface area (TPSA) is 164 Å². The van der Waals surface area contributed by atoms with Crippen molar-refractivity contribution < 1.29 is 39.6 Å². The first kappa shape index (κ1) is 19.4. The molecule has 154 valence electrons. The summed E-state index contributed by atoms with van der Waals surface area (Å²) in [7, 11) is 0. The first-order valence-corrected chi connectivity index (χ1v) is 8.92. The number of aromatic hydroxyl groups is 2. The van der Waals surface area contributed by atoms with Crippen LogP contribution >= 0.6 is 0 Å². The molecule has 0 aromatic heterocycles. The second-order valence-corrected chi connectivity index (χ2v) is 7.12. The largest absolute Gasteiger partial charge is 0.508 e. The fourth-order valence-corrected chi connectivity index (χ4v) is 4.15. The van der Waals surface area contributed by atoms with Crippen LogP contribution in [0.1, 0.15) is 22.0 Å². The van der Waals surface area contributed by atoms with E-state index in [-0.39, 0.29) is 28.3 Å². The molecule has 2 fully saturated rings. The van der Waals surface area contributed by atoms with Gasteiger partial charge in [0.2, 0.25) is 11.8 Å². The Balaban J connectivity index is 1.79. The lowest BCUT2D eigenvalue weighted by Gasteiger charge is -2.22. The van der Waals surface area contributed by atoms with Gasteiger partial charge in [-0.25, -0.2) is 9.69 Å². The van der Waals surface area contributed by atoms with Crippen molar-refractivity contribution in [1.29, 1.82) is 0 Å². The highest BCUT2D eigenvalue weighted by Crippen LogP contribution is 2.47. The van der Waals surface area contributed by atoms with Gasteiger partial charge in [0.05, 0.1) is 23.1 Å². The van der Waals surface area contributed by atoms with Gasteiger partial charge in [0, 0.05) is 17.7 Å². The van der Waals surface area contributed by atoms with Crippen molar-refractivity contribution in [2.24, 2.45) is 11.8 Å². The molecule has 0 radical (unpaired) electrons. The molecule has 0 unspecified atom stereocenters. The number of phenolic OH excluding ortho intramolecular Hbond substituents is 2. The zero-order valence-electron chi connectivity index (χ0n) is 15.2. The summed E-state index contributed by atoms with van der Waals surface area (Å²) in [5.74, 6) is -7.02. The van der Waals surface area contributed by atoms with Crippen LogP contribution in [0.15, 0.2) is 42.5 Å². The van der Waals surface area contributed by atoms with E-state index in [0.717, 1.165) is 17.0 Å². The van der Waals surface area contributed by atoms with Crippen LogP contribution in [0.5, 0.6) is 11.5 Å². The number of amides is 2. The number of benzene rings is 2. The summed E-state index contributed by atoms with van der Waals surface area (Å²) < 4.78 is 0. The number of fused-ring (bicyclic) bond motifs is 1. The molecule has 4 rings (SSSR count). The molecule has 2 amide bonds. The zero-order valence-corrected chi connectivity index (χ0v) is 15.2. The molecule has 0 saturated carbocycles. The highest BCUT2D eigenvalue weighted by atomic mass is 16.4. The molecule has 0 bridgehead atoms. The summed E-state index contributed by atoms with van der Waals surface area (Å²) in [6, 6.07) is 6.51. The molecule has 2 saturated heterocycles. The van der Waals surface area contributed by atoms with Crippen molar-refractivity contribution in [3.63, 3.8) is 0 Å². The van der Waals surface area contributed by atoms with E-state index in [1.165, 1.54) is 30.3 Å². The normalized spacial score (nSPS) is 25.4. The van der Waals surface area contributed by atoms with E-state index in [2.05, 4.69) is 5.32 Å². The Morgan fingerprint density at radius 3 is 2.27 bits per heavy atom. The van der Waals surface area contributed by atoms with Gasteiger partial charge in [-0.3, -0.25) is 19.7 Å². The molecular weight excluding hydrogens is 396 g/mol. The molecule has 30 heavy (non-hydrogen) atoms. The second kappa shape index (κ2) is 6.85. The van der Waals surface area contributed by atoms with Gasteiger partial charge in [-0.15, -0.1) is 0 Å². The third-order valence-electron chi connectivity index (χ3n) is 5.44. The van der Waals surface area contributed by atoms with Crippen molar-refractivity contribution in [2.45, 2.75) is 12.1 Å². The van der Waals surface area contributed by atoms with Gasteiger partial charge in [-0.05, 0) is 24.3 Å². The zero-order chi connectivity index (χ0) is 21.7. The smallest absolute Gasteiger partial charge is 0.335 e. The summed E-state index contributed by atoms with van der Waals surface area (Å²) in [5.41, 5.74) is 0.0525. The van der Waals surface area contributed by atoms with Gasteiger partial charge >= 0.3 is 11.9 Å². The number of carbonyl (C=O) groups is 4. The molecule has 5 N–H and O–H groups in total. The molecule has 2 aromatic carbocycles. The van der Waals surface area contributed by atoms with Gasteiger partial charge in [-0.1, -0.05) is 12.1 Å². The van der Waals surface area contributed by atoms with Gasteiger partial charge in [0.1, 0.15) is 17.5 Å². The Morgan fingerprint density at radius 1 is 0.933 bits per heavy atom. The molecule has 2 heterocycles. The SMILES string of the molecule is O=C(O)c1cccc(N2C(=O)[C@H]3[C@H](C2=O)[C@H](c2ccc(O)cc2O)N[C@H]3C(=O)O)c1. The lowest BCUT2D eigenvalue weighted by atomic mass is 9.86. The average Bonchev–Trinajstić information content (AvgIpc) is 3.19. The summed E-state index contributed by atoms with van der Waals surface area (Å²) in [5, 5.41) is 41.2. The number of hydrogen-bond donors (Lipinski definition) is 5. The molecule has 2 aromatic rings. The fraction of sp³-hybridized carbons (Fsp3) is 0.200. The van der Waals surface area contributed by atoms with Crippen LogP contribution in [-0.4, -0.2) is 50.2 Å². The maximum Gasteiger partial charge on any atom is 0.335 e. The Labute approximate surface area is 169 Å². The number of aliphatic carboxylic acids is 1. The number of rotatable bonds is 4. The third kappa shape index (κ3) is 2.85. The van der Waals surface area contributed by atoms with E-state index in [4.69, 9.17) is 0 Å². The van der Waals surface area contributed by atoms with Gasteiger partial charge < -0.3 is 20.4 Å². The first-order chi connectivity index (χ1) is 14.2. The maximum absolute atomic E-state index is 13.2. The summed E-state index contributed by atoms with van der Waals surface area (Å²) in [4.78, 5) is 50.1. The van der Waals surface area contributed by atoms with Crippen LogP contribution in [0.3, 0.4) is 0 Å². The van der Waals surface area contributed by atoms with E-state index in [1.54, 1.807) is 0 Å². The predicted octanol–water partition coefficient (Wildman–Crippen LogP) is 0.699.